The van der Waals surface area contributed by atoms with E-state index in [0.717, 1.165) is 0 Å². The van der Waals surface area contributed by atoms with Gasteiger partial charge < -0.3 is 0 Å². The summed E-state index contributed by atoms with van der Waals surface area (Å²) in [4.78, 5) is 0. The van der Waals surface area contributed by atoms with Crippen LogP contribution in [0.1, 0.15) is 0 Å². The Kier molecular flexibility index (Phi) is 25.8. The molecule has 0 amide bonds. The summed E-state index contributed by atoms with van der Waals surface area (Å²) in [5, 5.41) is 12.5. The molecule has 0 atom stereocenters. The third-order valence-electron chi connectivity index (χ3n) is 7.43. The van der Waals surface area contributed by atoms with Gasteiger partial charge in [-0.2, -0.15) is 5.11 Å². The summed E-state index contributed by atoms with van der Waals surface area (Å²) >= 11 is 260. The minimum absolute atomic E-state index is 2.90. The van der Waals surface area contributed by atoms with Crippen molar-refractivity contribution >= 4 is 476 Å². The van der Waals surface area contributed by atoms with E-state index in [1.807, 2.05) is 0 Å². The van der Waals surface area contributed by atoms with E-state index < -0.39 is 86.3 Å². The number of hydrogen-bond donors (Lipinski definition) is 0. The Morgan fingerprint density at radius 1 is 0.129 bits per heavy atom. The zero-order chi connectivity index (χ0) is 52.0. The smallest absolute Gasteiger partial charge is 0.190 e. The molecule has 0 N–H and O–H groups in total. The van der Waals surface area contributed by atoms with Gasteiger partial charge in [0.1, 0.15) is 0 Å². The van der Waals surface area contributed by atoms with E-state index in [9.17, 15) is 5.11 Å². The standard InChI is InChI=1S/C20Cl41O/c21-1(22,3(25,26)5(29,30)7(33,34)9(37,38)11(41,42)13(45,46)15(49,50)17(53,54)19(57,58)59)2(23,24)4(27,28)6(31,32)8(35,36)10(39,40)12(43,44)14(47,48)16(51,52)18(55,56)20(60,61)62. The lowest BCUT2D eigenvalue weighted by Gasteiger charge is -2.59. The summed E-state index contributed by atoms with van der Waals surface area (Å²) in [7, 11) is 0. The summed E-state index contributed by atoms with van der Waals surface area (Å²) in [5.41, 5.74) is 0. The van der Waals surface area contributed by atoms with E-state index in [0.29, 0.717) is 0 Å². The molecule has 0 aliphatic rings. The van der Waals surface area contributed by atoms with Crippen molar-refractivity contribution in [1.82, 2.24) is 0 Å². The van der Waals surface area contributed by atoms with Gasteiger partial charge in [0.2, 0.25) is 12.5 Å². The monoisotopic (exact) mass is 1690 g/mol. The van der Waals surface area contributed by atoms with Gasteiger partial charge >= 0.3 is 0 Å². The Labute approximate surface area is 557 Å². The molecule has 1 nitrogen and oxygen atoms in total. The van der Waals surface area contributed by atoms with Gasteiger partial charge in [0.15, 0.2) is 69.3 Å². The summed E-state index contributed by atoms with van der Waals surface area (Å²) in [6.07, 6.45) is 0. The minimum atomic E-state index is -3.81. The molecule has 42 heteroatoms. The van der Waals surface area contributed by atoms with Crippen molar-refractivity contribution < 1.29 is 5.11 Å². The number of halogens is 41. The lowest BCUT2D eigenvalue weighted by molar-refractivity contribution is 0.0980. The summed E-state index contributed by atoms with van der Waals surface area (Å²) in [6, 6.07) is 0. The van der Waals surface area contributed by atoms with Crippen LogP contribution in [0.3, 0.4) is 0 Å². The Hall–Kier alpha value is 11.8. The van der Waals surface area contributed by atoms with E-state index in [4.69, 9.17) is 476 Å². The highest BCUT2D eigenvalue weighted by atomic mass is 35.6. The van der Waals surface area contributed by atoms with E-state index >= 15 is 0 Å². The lowest BCUT2D eigenvalue weighted by atomic mass is 9.96. The van der Waals surface area contributed by atoms with Crippen LogP contribution in [0.2, 0.25) is 0 Å². The normalized spacial score (nSPS) is 17.5. The lowest BCUT2D eigenvalue weighted by Crippen LogP contribution is -2.76. The van der Waals surface area contributed by atoms with Gasteiger partial charge in [-0.3, -0.25) is 0 Å². The van der Waals surface area contributed by atoms with Gasteiger partial charge in [0.05, 0.1) is 0 Å². The second-order valence-electron chi connectivity index (χ2n) is 11.4. The predicted molar refractivity (Wildman–Crippen MR) is 295 cm³/mol. The van der Waals surface area contributed by atoms with Crippen molar-refractivity contribution in [2.75, 3.05) is 0 Å². The van der Waals surface area contributed by atoms with Crippen LogP contribution in [0.15, 0.2) is 0 Å². The highest BCUT2D eigenvalue weighted by Crippen LogP contribution is 2.79. The van der Waals surface area contributed by atoms with Gasteiger partial charge in [-0.1, -0.05) is 476 Å². The molecule has 0 aliphatic carbocycles. The van der Waals surface area contributed by atoms with Crippen molar-refractivity contribution in [3.05, 3.63) is 0 Å². The minimum Gasteiger partial charge on any atom is -0.190 e. The first-order chi connectivity index (χ1) is 25.8. The van der Waals surface area contributed by atoms with Crippen LogP contribution in [0, 0.1) is 0 Å². The van der Waals surface area contributed by atoms with Crippen LogP contribution in [0.25, 0.3) is 0 Å². The molecule has 0 saturated carbocycles. The second-order valence-corrected chi connectivity index (χ2v) is 38.8. The first-order valence-electron chi connectivity index (χ1n) is 12.7. The van der Waals surface area contributed by atoms with Crippen molar-refractivity contribution in [2.45, 2.75) is 86.3 Å². The topological polar surface area (TPSA) is 19.9 Å². The molecule has 0 aromatic carbocycles. The molecule has 0 aromatic rings. The van der Waals surface area contributed by atoms with Crippen LogP contribution >= 0.6 is 476 Å². The maximum Gasteiger partial charge on any atom is 0.286 e. The average molecular weight is 1710 g/mol. The Morgan fingerprint density at radius 2 is 0.210 bits per heavy atom. The zero-order valence-corrected chi connectivity index (χ0v) is 56.9. The fraction of sp³-hybridized carbons (Fsp3) is 1.00. The predicted octanol–water partition coefficient (Wildman–Crippen LogP) is 24.0. The molecular weight excluding hydrogens is 1710 g/mol. The molecule has 62 heavy (non-hydrogen) atoms. The molecule has 0 spiro atoms. The van der Waals surface area contributed by atoms with Crippen LogP contribution in [0.5, 0.6) is 0 Å². The molecule has 0 rings (SSSR count). The molecule has 0 fully saturated rings. The highest BCUT2D eigenvalue weighted by Gasteiger charge is 2.89. The fourth-order valence-corrected chi connectivity index (χ4v) is 17.4. The Balaban J connectivity index is 7.98. The maximum atomic E-state index is 12.5. The summed E-state index contributed by atoms with van der Waals surface area (Å²) in [6.45, 7) is 0. The number of hydrogen-bond acceptors (Lipinski definition) is 0. The van der Waals surface area contributed by atoms with Gasteiger partial charge in [-0.25, -0.2) is 0 Å². The largest absolute Gasteiger partial charge is 0.286 e. The molecule has 0 heterocycles. The van der Waals surface area contributed by atoms with Crippen molar-refractivity contribution in [3.63, 3.8) is 0 Å². The van der Waals surface area contributed by atoms with Crippen molar-refractivity contribution in [3.8, 4) is 0 Å². The molecule has 0 aromatic heterocycles. The number of rotatable bonds is 18. The van der Waals surface area contributed by atoms with E-state index in [1.54, 1.807) is 0 Å². The van der Waals surface area contributed by atoms with E-state index in [2.05, 4.69) is 0 Å². The zero-order valence-electron chi connectivity index (χ0n) is 25.9. The first kappa shape index (κ1) is 73.8. The molecule has 0 saturated heterocycles. The first-order valence-corrected chi connectivity index (χ1v) is 28.2. The molecular formula is C20Cl41O. The van der Waals surface area contributed by atoms with Crippen LogP contribution in [0.4, 0.5) is 0 Å². The van der Waals surface area contributed by atoms with Gasteiger partial charge in [0.25, 0.3) is 4.52 Å². The van der Waals surface area contributed by atoms with Gasteiger partial charge in [-0.15, -0.1) is 0 Å². The highest BCUT2D eigenvalue weighted by molar-refractivity contribution is 6.87. The fourth-order valence-electron chi connectivity index (χ4n) is 3.52. The third kappa shape index (κ3) is 10.8. The number of alkyl halides is 41. The molecule has 1 radical (unpaired) electrons. The van der Waals surface area contributed by atoms with Crippen molar-refractivity contribution in [2.24, 2.45) is 0 Å². The van der Waals surface area contributed by atoms with Crippen LogP contribution < -0.4 is 0 Å². The van der Waals surface area contributed by atoms with Crippen LogP contribution in [-0.4, -0.2) is 86.3 Å². The molecule has 0 unspecified atom stereocenters. The SMILES string of the molecule is [O]C(Cl)(Cl)C(Cl)(Cl)C(Cl)(Cl)C(Cl)(Cl)C(Cl)(Cl)C(Cl)(Cl)C(Cl)(Cl)C(Cl)(Cl)C(Cl)(Cl)C(Cl)(Cl)C(Cl)(Cl)C(Cl)(Cl)C(Cl)(Cl)C(Cl)(Cl)C(Cl)(Cl)C(Cl)(Cl)C(Cl)(Cl)C(Cl)(Cl)C(Cl)(Cl)C(Cl)(Cl)Cl. The molecule has 0 aliphatic heterocycles. The maximum absolute atomic E-state index is 12.5. The van der Waals surface area contributed by atoms with E-state index in [1.165, 1.54) is 0 Å². The van der Waals surface area contributed by atoms with Crippen molar-refractivity contribution in [1.29, 1.82) is 0 Å². The van der Waals surface area contributed by atoms with E-state index in [-0.39, 0.29) is 0 Å². The summed E-state index contributed by atoms with van der Waals surface area (Å²) in [5.74, 6) is 0. The average Bonchev–Trinajstić information content (AvgIpc) is 3.01. The Morgan fingerprint density at radius 3 is 0.290 bits per heavy atom. The van der Waals surface area contributed by atoms with Gasteiger partial charge in [0, 0.05) is 0 Å². The third-order valence-corrected chi connectivity index (χ3v) is 36.8. The quantitative estimate of drug-likeness (QED) is 0.122. The van der Waals surface area contributed by atoms with Gasteiger partial charge in [-0.05, 0) is 0 Å². The molecule has 373 valence electrons. The second kappa shape index (κ2) is 21.6. The van der Waals surface area contributed by atoms with Crippen LogP contribution in [-0.2, 0) is 5.11 Å². The Bertz CT molecular complexity index is 1510. The molecule has 0 bridgehead atoms. The summed E-state index contributed by atoms with van der Waals surface area (Å²) < 4.78 is -71.9.